The van der Waals surface area contributed by atoms with Gasteiger partial charge in [-0.3, -0.25) is 0 Å². The van der Waals surface area contributed by atoms with Crippen molar-refractivity contribution in [2.45, 2.75) is 65.4 Å². The largest absolute Gasteiger partial charge is 0.464 e. The highest BCUT2D eigenvalue weighted by Gasteiger charge is 2.42. The van der Waals surface area contributed by atoms with Gasteiger partial charge >= 0.3 is 5.97 Å². The Hall–Kier alpha value is -0.570. The molecule has 3 heteroatoms. The summed E-state index contributed by atoms with van der Waals surface area (Å²) in [6, 6.07) is 0. The lowest BCUT2D eigenvalue weighted by Gasteiger charge is -2.37. The van der Waals surface area contributed by atoms with E-state index in [4.69, 9.17) is 4.74 Å². The van der Waals surface area contributed by atoms with Crippen molar-refractivity contribution in [2.24, 2.45) is 17.8 Å². The van der Waals surface area contributed by atoms with Crippen molar-refractivity contribution in [3.05, 3.63) is 0 Å². The van der Waals surface area contributed by atoms with Crippen molar-refractivity contribution in [3.63, 3.8) is 0 Å². The molecule has 0 aromatic heterocycles. The van der Waals surface area contributed by atoms with Crippen LogP contribution < -0.4 is 0 Å². The van der Waals surface area contributed by atoms with E-state index < -0.39 is 11.6 Å². The van der Waals surface area contributed by atoms with Gasteiger partial charge in [0, 0.05) is 0 Å². The van der Waals surface area contributed by atoms with Crippen LogP contribution in [-0.2, 0) is 9.53 Å². The van der Waals surface area contributed by atoms with Crippen LogP contribution >= 0.6 is 0 Å². The first-order valence-corrected chi connectivity index (χ1v) is 7.27. The molecule has 0 amide bonds. The number of carbonyl (C=O) groups is 1. The van der Waals surface area contributed by atoms with Gasteiger partial charge in [0.25, 0.3) is 0 Å². The van der Waals surface area contributed by atoms with Gasteiger partial charge in [-0.2, -0.15) is 0 Å². The van der Waals surface area contributed by atoms with Gasteiger partial charge in [0.1, 0.15) is 0 Å². The minimum absolute atomic E-state index is 0.0500. The molecule has 1 rings (SSSR count). The van der Waals surface area contributed by atoms with Gasteiger partial charge in [-0.25, -0.2) is 4.79 Å². The molecule has 1 saturated carbocycles. The molecular weight excluding hydrogens is 228 g/mol. The maximum Gasteiger partial charge on any atom is 0.338 e. The maximum absolute atomic E-state index is 11.8. The van der Waals surface area contributed by atoms with Crippen LogP contribution in [0.4, 0.5) is 0 Å². The average Bonchev–Trinajstić information content (AvgIpc) is 2.28. The lowest BCUT2D eigenvalue weighted by atomic mass is 9.71. The SMILES string of the molecule is CCOC(=O)C(C)(O)C1CCCC(CC(C)C)C1. The van der Waals surface area contributed by atoms with Crippen LogP contribution in [0.1, 0.15) is 59.8 Å². The van der Waals surface area contributed by atoms with Gasteiger partial charge in [-0.15, -0.1) is 0 Å². The molecule has 3 nitrogen and oxygen atoms in total. The van der Waals surface area contributed by atoms with E-state index in [2.05, 4.69) is 13.8 Å². The predicted molar refractivity (Wildman–Crippen MR) is 72.2 cm³/mol. The Morgan fingerprint density at radius 3 is 2.67 bits per heavy atom. The monoisotopic (exact) mass is 256 g/mol. The Labute approximate surface area is 111 Å². The number of aliphatic hydroxyl groups is 1. The quantitative estimate of drug-likeness (QED) is 0.769. The molecule has 0 spiro atoms. The lowest BCUT2D eigenvalue weighted by molar-refractivity contribution is -0.171. The van der Waals surface area contributed by atoms with E-state index in [9.17, 15) is 9.90 Å². The van der Waals surface area contributed by atoms with Crippen LogP contribution in [-0.4, -0.2) is 23.3 Å². The molecule has 0 aromatic rings. The van der Waals surface area contributed by atoms with Crippen LogP contribution in [0.2, 0.25) is 0 Å². The molecule has 1 fully saturated rings. The summed E-state index contributed by atoms with van der Waals surface area (Å²) in [5, 5.41) is 10.4. The van der Waals surface area contributed by atoms with E-state index in [1.165, 1.54) is 12.8 Å². The molecule has 18 heavy (non-hydrogen) atoms. The van der Waals surface area contributed by atoms with E-state index >= 15 is 0 Å². The number of carbonyl (C=O) groups excluding carboxylic acids is 1. The average molecular weight is 256 g/mol. The highest BCUT2D eigenvalue weighted by molar-refractivity contribution is 5.79. The molecule has 0 heterocycles. The number of ether oxygens (including phenoxy) is 1. The maximum atomic E-state index is 11.8. The highest BCUT2D eigenvalue weighted by atomic mass is 16.5. The number of rotatable bonds is 5. The van der Waals surface area contributed by atoms with Gasteiger partial charge in [-0.05, 0) is 50.9 Å². The third-order valence-corrected chi connectivity index (χ3v) is 4.07. The number of hydrogen-bond acceptors (Lipinski definition) is 3. The molecule has 0 aliphatic heterocycles. The molecule has 0 radical (unpaired) electrons. The number of hydrogen-bond donors (Lipinski definition) is 1. The van der Waals surface area contributed by atoms with Gasteiger partial charge < -0.3 is 9.84 Å². The topological polar surface area (TPSA) is 46.5 Å². The molecule has 3 atom stereocenters. The molecule has 0 aromatic carbocycles. The van der Waals surface area contributed by atoms with Crippen molar-refractivity contribution < 1.29 is 14.6 Å². The van der Waals surface area contributed by atoms with Crippen molar-refractivity contribution in [1.29, 1.82) is 0 Å². The molecular formula is C15H28O3. The van der Waals surface area contributed by atoms with Crippen molar-refractivity contribution >= 4 is 5.97 Å². The van der Waals surface area contributed by atoms with Crippen molar-refractivity contribution in [2.75, 3.05) is 6.61 Å². The van der Waals surface area contributed by atoms with Crippen LogP contribution in [0, 0.1) is 17.8 Å². The molecule has 1 N–H and O–H groups in total. The zero-order chi connectivity index (χ0) is 13.8. The molecule has 0 saturated heterocycles. The summed E-state index contributed by atoms with van der Waals surface area (Å²) in [6.07, 6.45) is 5.41. The molecule has 106 valence electrons. The highest BCUT2D eigenvalue weighted by Crippen LogP contribution is 2.38. The third-order valence-electron chi connectivity index (χ3n) is 4.07. The van der Waals surface area contributed by atoms with E-state index in [1.807, 2.05) is 0 Å². The van der Waals surface area contributed by atoms with Gasteiger partial charge in [0.2, 0.25) is 0 Å². The Balaban J connectivity index is 2.61. The fourth-order valence-electron chi connectivity index (χ4n) is 3.13. The smallest absolute Gasteiger partial charge is 0.338 e. The van der Waals surface area contributed by atoms with E-state index in [-0.39, 0.29) is 5.92 Å². The predicted octanol–water partition coefficient (Wildman–Crippen LogP) is 3.15. The summed E-state index contributed by atoms with van der Waals surface area (Å²) in [4.78, 5) is 11.8. The Bertz CT molecular complexity index is 271. The fraction of sp³-hybridized carbons (Fsp3) is 0.933. The first-order valence-electron chi connectivity index (χ1n) is 7.27. The zero-order valence-corrected chi connectivity index (χ0v) is 12.2. The standard InChI is InChI=1S/C15H28O3/c1-5-18-14(16)15(4,17)13-8-6-7-12(10-13)9-11(2)3/h11-13,17H,5-10H2,1-4H3. The van der Waals surface area contributed by atoms with Crippen molar-refractivity contribution in [3.8, 4) is 0 Å². The second kappa shape index (κ2) is 6.55. The summed E-state index contributed by atoms with van der Waals surface area (Å²) in [6.45, 7) is 8.18. The molecule has 0 bridgehead atoms. The van der Waals surface area contributed by atoms with Gasteiger partial charge in [0.15, 0.2) is 5.60 Å². The van der Waals surface area contributed by atoms with E-state index in [0.29, 0.717) is 18.4 Å². The van der Waals surface area contributed by atoms with Crippen LogP contribution in [0.5, 0.6) is 0 Å². The summed E-state index contributed by atoms with van der Waals surface area (Å²) < 4.78 is 4.99. The Kier molecular flexibility index (Phi) is 5.64. The van der Waals surface area contributed by atoms with Crippen LogP contribution in [0.25, 0.3) is 0 Å². The fourth-order valence-corrected chi connectivity index (χ4v) is 3.13. The Morgan fingerprint density at radius 1 is 1.44 bits per heavy atom. The van der Waals surface area contributed by atoms with Crippen molar-refractivity contribution in [1.82, 2.24) is 0 Å². The normalized spacial score (nSPS) is 27.9. The Morgan fingerprint density at radius 2 is 2.11 bits per heavy atom. The second-order valence-electron chi connectivity index (χ2n) is 6.23. The summed E-state index contributed by atoms with van der Waals surface area (Å²) in [7, 11) is 0. The van der Waals surface area contributed by atoms with Crippen LogP contribution in [0.15, 0.2) is 0 Å². The van der Waals surface area contributed by atoms with Gasteiger partial charge in [-0.1, -0.05) is 26.7 Å². The number of esters is 1. The van der Waals surface area contributed by atoms with E-state index in [0.717, 1.165) is 19.3 Å². The summed E-state index contributed by atoms with van der Waals surface area (Å²) >= 11 is 0. The van der Waals surface area contributed by atoms with E-state index in [1.54, 1.807) is 13.8 Å². The summed E-state index contributed by atoms with van der Waals surface area (Å²) in [5.41, 5.74) is -1.31. The molecule has 1 aliphatic carbocycles. The lowest BCUT2D eigenvalue weighted by Crippen LogP contribution is -2.46. The summed E-state index contributed by atoms with van der Waals surface area (Å²) in [5.74, 6) is 0.917. The minimum atomic E-state index is -1.31. The second-order valence-corrected chi connectivity index (χ2v) is 6.23. The first-order chi connectivity index (χ1) is 8.37. The molecule has 1 aliphatic rings. The molecule has 3 unspecified atom stereocenters. The minimum Gasteiger partial charge on any atom is -0.464 e. The van der Waals surface area contributed by atoms with Crippen LogP contribution in [0.3, 0.4) is 0 Å². The first kappa shape index (κ1) is 15.5. The van der Waals surface area contributed by atoms with Gasteiger partial charge in [0.05, 0.1) is 6.61 Å². The zero-order valence-electron chi connectivity index (χ0n) is 12.2. The third kappa shape index (κ3) is 3.98.